The second-order valence-electron chi connectivity index (χ2n) is 4.56. The maximum atomic E-state index is 13.9. The number of hydrogen-bond acceptors (Lipinski definition) is 1. The van der Waals surface area contributed by atoms with Gasteiger partial charge in [-0.25, -0.2) is 4.39 Å². The van der Waals surface area contributed by atoms with Gasteiger partial charge in [0.05, 0.1) is 5.52 Å². The molecule has 0 atom stereocenters. The van der Waals surface area contributed by atoms with E-state index in [0.717, 1.165) is 22.9 Å². The third-order valence-corrected chi connectivity index (χ3v) is 3.38. The Bertz CT molecular complexity index is 716. The first kappa shape index (κ1) is 11.9. The van der Waals surface area contributed by atoms with E-state index < -0.39 is 0 Å². The van der Waals surface area contributed by atoms with Crippen LogP contribution in [0.15, 0.2) is 48.7 Å². The summed E-state index contributed by atoms with van der Waals surface area (Å²) >= 11 is 0. The summed E-state index contributed by atoms with van der Waals surface area (Å²) in [6.07, 6.45) is 2.78. The molecule has 3 aromatic rings. The van der Waals surface area contributed by atoms with Crippen LogP contribution in [0.3, 0.4) is 0 Å². The Hall–Kier alpha value is -2.13. The summed E-state index contributed by atoms with van der Waals surface area (Å²) in [5, 5.41) is 1.12. The number of nitrogens with one attached hydrogen (secondary N) is 1. The first-order valence-electron chi connectivity index (χ1n) is 6.35. The molecule has 19 heavy (non-hydrogen) atoms. The van der Waals surface area contributed by atoms with E-state index in [1.807, 2.05) is 30.5 Å². The van der Waals surface area contributed by atoms with Crippen LogP contribution in [0, 0.1) is 5.82 Å². The maximum absolute atomic E-state index is 13.9. The summed E-state index contributed by atoms with van der Waals surface area (Å²) in [5.74, 6) is -0.204. The van der Waals surface area contributed by atoms with Gasteiger partial charge in [-0.2, -0.15) is 0 Å². The van der Waals surface area contributed by atoms with Crippen LogP contribution in [0.2, 0.25) is 0 Å². The van der Waals surface area contributed by atoms with Gasteiger partial charge in [0.1, 0.15) is 5.82 Å². The molecule has 0 aliphatic heterocycles. The molecule has 0 aliphatic carbocycles. The van der Waals surface area contributed by atoms with Gasteiger partial charge >= 0.3 is 0 Å². The summed E-state index contributed by atoms with van der Waals surface area (Å²) < 4.78 is 13.9. The van der Waals surface area contributed by atoms with Crippen LogP contribution in [0.25, 0.3) is 22.0 Å². The van der Waals surface area contributed by atoms with E-state index in [1.54, 1.807) is 12.1 Å². The van der Waals surface area contributed by atoms with Crippen LogP contribution in [0.5, 0.6) is 0 Å². The average molecular weight is 254 g/mol. The zero-order chi connectivity index (χ0) is 13.2. The molecule has 0 unspecified atom stereocenters. The van der Waals surface area contributed by atoms with Crippen molar-refractivity contribution >= 4 is 10.9 Å². The van der Waals surface area contributed by atoms with Gasteiger partial charge in [-0.1, -0.05) is 36.4 Å². The molecule has 0 aliphatic rings. The predicted molar refractivity (Wildman–Crippen MR) is 76.5 cm³/mol. The minimum atomic E-state index is -0.204. The summed E-state index contributed by atoms with van der Waals surface area (Å²) in [7, 11) is 0. The topological polar surface area (TPSA) is 41.8 Å². The van der Waals surface area contributed by atoms with Gasteiger partial charge in [0.2, 0.25) is 0 Å². The van der Waals surface area contributed by atoms with Crippen molar-refractivity contribution in [3.05, 3.63) is 60.0 Å². The number of fused-ring (bicyclic) bond motifs is 1. The SMILES string of the molecule is NCCc1c[nH]c2c(-c3ccccc3F)cccc12. The van der Waals surface area contributed by atoms with Crippen molar-refractivity contribution in [3.63, 3.8) is 0 Å². The summed E-state index contributed by atoms with van der Waals surface area (Å²) in [4.78, 5) is 3.25. The molecule has 0 amide bonds. The maximum Gasteiger partial charge on any atom is 0.131 e. The Morgan fingerprint density at radius 1 is 1.00 bits per heavy atom. The predicted octanol–water partition coefficient (Wildman–Crippen LogP) is 3.48. The normalized spacial score (nSPS) is 11.1. The second-order valence-corrected chi connectivity index (χ2v) is 4.56. The van der Waals surface area contributed by atoms with Gasteiger partial charge in [-0.3, -0.25) is 0 Å². The number of halogens is 1. The molecule has 3 heteroatoms. The smallest absolute Gasteiger partial charge is 0.131 e. The summed E-state index contributed by atoms with van der Waals surface area (Å²) in [6.45, 7) is 0.608. The Balaban J connectivity index is 2.23. The zero-order valence-electron chi connectivity index (χ0n) is 10.5. The highest BCUT2D eigenvalue weighted by Gasteiger charge is 2.11. The fourth-order valence-corrected chi connectivity index (χ4v) is 2.48. The van der Waals surface area contributed by atoms with Crippen molar-refractivity contribution < 1.29 is 4.39 Å². The molecule has 0 spiro atoms. The van der Waals surface area contributed by atoms with Crippen LogP contribution >= 0.6 is 0 Å². The van der Waals surface area contributed by atoms with E-state index in [9.17, 15) is 4.39 Å². The molecule has 96 valence electrons. The van der Waals surface area contributed by atoms with E-state index in [2.05, 4.69) is 4.98 Å². The van der Waals surface area contributed by atoms with Crippen LogP contribution in [-0.2, 0) is 6.42 Å². The Morgan fingerprint density at radius 3 is 2.58 bits per heavy atom. The number of nitrogens with two attached hydrogens (primary N) is 1. The number of benzene rings is 2. The zero-order valence-corrected chi connectivity index (χ0v) is 10.5. The van der Waals surface area contributed by atoms with E-state index >= 15 is 0 Å². The monoisotopic (exact) mass is 254 g/mol. The molecule has 0 saturated carbocycles. The molecule has 1 aromatic heterocycles. The van der Waals surface area contributed by atoms with E-state index in [-0.39, 0.29) is 5.82 Å². The van der Waals surface area contributed by atoms with Gasteiger partial charge in [0.25, 0.3) is 0 Å². The lowest BCUT2D eigenvalue weighted by Crippen LogP contribution is -2.01. The van der Waals surface area contributed by atoms with Crippen LogP contribution in [0.4, 0.5) is 4.39 Å². The van der Waals surface area contributed by atoms with Crippen molar-refractivity contribution in [2.45, 2.75) is 6.42 Å². The van der Waals surface area contributed by atoms with Crippen LogP contribution < -0.4 is 5.73 Å². The van der Waals surface area contributed by atoms with E-state index in [1.165, 1.54) is 11.6 Å². The number of rotatable bonds is 3. The summed E-state index contributed by atoms with van der Waals surface area (Å²) in [6, 6.07) is 12.8. The van der Waals surface area contributed by atoms with Gasteiger partial charge in [-0.15, -0.1) is 0 Å². The van der Waals surface area contributed by atoms with Gasteiger partial charge in [0.15, 0.2) is 0 Å². The third-order valence-electron chi connectivity index (χ3n) is 3.38. The number of para-hydroxylation sites is 1. The van der Waals surface area contributed by atoms with Crippen molar-refractivity contribution in [2.24, 2.45) is 5.73 Å². The molecule has 2 aromatic carbocycles. The van der Waals surface area contributed by atoms with Gasteiger partial charge in [0, 0.05) is 22.7 Å². The molecule has 0 bridgehead atoms. The van der Waals surface area contributed by atoms with Crippen molar-refractivity contribution in [1.29, 1.82) is 0 Å². The highest BCUT2D eigenvalue weighted by molar-refractivity contribution is 5.96. The Labute approximate surface area is 111 Å². The standard InChI is InChI=1S/C16H15FN2/c17-15-7-2-1-4-13(15)14-6-3-5-12-11(8-9-18)10-19-16(12)14/h1-7,10,19H,8-9,18H2. The largest absolute Gasteiger partial charge is 0.360 e. The van der Waals surface area contributed by atoms with E-state index in [0.29, 0.717) is 12.1 Å². The lowest BCUT2D eigenvalue weighted by molar-refractivity contribution is 0.631. The van der Waals surface area contributed by atoms with Crippen molar-refractivity contribution in [2.75, 3.05) is 6.54 Å². The Kier molecular flexibility index (Phi) is 3.05. The molecule has 3 N–H and O–H groups in total. The summed E-state index contributed by atoms with van der Waals surface area (Å²) in [5.41, 5.74) is 9.26. The molecule has 0 fully saturated rings. The molecule has 0 saturated heterocycles. The first-order valence-corrected chi connectivity index (χ1v) is 6.35. The first-order chi connectivity index (χ1) is 9.31. The molecular formula is C16H15FN2. The minimum absolute atomic E-state index is 0.204. The molecule has 2 nitrogen and oxygen atoms in total. The quantitative estimate of drug-likeness (QED) is 0.738. The number of H-pyrrole nitrogens is 1. The van der Waals surface area contributed by atoms with Gasteiger partial charge in [-0.05, 0) is 24.6 Å². The van der Waals surface area contributed by atoms with E-state index in [4.69, 9.17) is 5.73 Å². The minimum Gasteiger partial charge on any atom is -0.360 e. The molecular weight excluding hydrogens is 239 g/mol. The molecule has 3 rings (SSSR count). The lowest BCUT2D eigenvalue weighted by Gasteiger charge is -2.05. The fourth-order valence-electron chi connectivity index (χ4n) is 2.48. The molecule has 1 heterocycles. The number of hydrogen-bond donors (Lipinski definition) is 2. The second kappa shape index (κ2) is 4.86. The van der Waals surface area contributed by atoms with Gasteiger partial charge < -0.3 is 10.7 Å². The molecule has 0 radical (unpaired) electrons. The third kappa shape index (κ3) is 2.02. The Morgan fingerprint density at radius 2 is 1.79 bits per heavy atom. The fraction of sp³-hybridized carbons (Fsp3) is 0.125. The highest BCUT2D eigenvalue weighted by atomic mass is 19.1. The van der Waals surface area contributed by atoms with Crippen LogP contribution in [-0.4, -0.2) is 11.5 Å². The van der Waals surface area contributed by atoms with Crippen molar-refractivity contribution in [3.8, 4) is 11.1 Å². The van der Waals surface area contributed by atoms with Crippen molar-refractivity contribution in [1.82, 2.24) is 4.98 Å². The number of aromatic amines is 1. The average Bonchev–Trinajstić information content (AvgIpc) is 2.83. The highest BCUT2D eigenvalue weighted by Crippen LogP contribution is 2.31. The lowest BCUT2D eigenvalue weighted by atomic mass is 10.0. The van der Waals surface area contributed by atoms with Crippen LogP contribution in [0.1, 0.15) is 5.56 Å². The number of aromatic nitrogens is 1.